The van der Waals surface area contributed by atoms with Crippen LogP contribution in [0.15, 0.2) is 0 Å². The van der Waals surface area contributed by atoms with E-state index in [1.807, 2.05) is 7.05 Å². The molecule has 5 heteroatoms. The normalized spacial score (nSPS) is 25.4. The first-order valence-corrected chi connectivity index (χ1v) is 9.16. The van der Waals surface area contributed by atoms with Crippen LogP contribution >= 0.6 is 0 Å². The lowest BCUT2D eigenvalue weighted by atomic mass is 10.2. The second-order valence-corrected chi connectivity index (χ2v) is 11.0. The van der Waals surface area contributed by atoms with Gasteiger partial charge in [-0.2, -0.15) is 5.06 Å². The molecule has 102 valence electrons. The van der Waals surface area contributed by atoms with Crippen molar-refractivity contribution in [1.82, 2.24) is 5.06 Å². The standard InChI is InChI=1S/C12H27NO3Si/c1-12(2,3)17(6,7)15-9-8-10-11(16-10)13(4)14-5/h10-11H,8-9H2,1-7H3. The van der Waals surface area contributed by atoms with Crippen molar-refractivity contribution in [2.45, 2.75) is 57.7 Å². The van der Waals surface area contributed by atoms with Gasteiger partial charge in [0.1, 0.15) is 6.10 Å². The highest BCUT2D eigenvalue weighted by atomic mass is 28.4. The number of nitrogens with zero attached hydrogens (tertiary/aromatic N) is 1. The molecule has 2 atom stereocenters. The third kappa shape index (κ3) is 4.03. The zero-order chi connectivity index (χ0) is 13.3. The van der Waals surface area contributed by atoms with Crippen LogP contribution in [0, 0.1) is 0 Å². The predicted octanol–water partition coefficient (Wildman–Crippen LogP) is 2.62. The number of hydrogen-bond acceptors (Lipinski definition) is 4. The molecule has 0 saturated carbocycles. The van der Waals surface area contributed by atoms with E-state index in [9.17, 15) is 0 Å². The quantitative estimate of drug-likeness (QED) is 0.418. The fraction of sp³-hybridized carbons (Fsp3) is 1.00. The summed E-state index contributed by atoms with van der Waals surface area (Å²) in [4.78, 5) is 5.08. The summed E-state index contributed by atoms with van der Waals surface area (Å²) < 4.78 is 11.6. The van der Waals surface area contributed by atoms with Crippen LogP contribution in [0.5, 0.6) is 0 Å². The fourth-order valence-electron chi connectivity index (χ4n) is 1.41. The van der Waals surface area contributed by atoms with Crippen LogP contribution in [0.4, 0.5) is 0 Å². The van der Waals surface area contributed by atoms with E-state index in [0.717, 1.165) is 13.0 Å². The van der Waals surface area contributed by atoms with Crippen LogP contribution in [0.1, 0.15) is 27.2 Å². The lowest BCUT2D eigenvalue weighted by molar-refractivity contribution is -0.138. The summed E-state index contributed by atoms with van der Waals surface area (Å²) in [6, 6.07) is 0. The van der Waals surface area contributed by atoms with Gasteiger partial charge in [-0.1, -0.05) is 20.8 Å². The minimum Gasteiger partial charge on any atom is -0.417 e. The Kier molecular flexibility index (Phi) is 4.77. The maximum absolute atomic E-state index is 6.11. The molecule has 0 bridgehead atoms. The molecule has 17 heavy (non-hydrogen) atoms. The first-order chi connectivity index (χ1) is 7.69. The van der Waals surface area contributed by atoms with Gasteiger partial charge in [-0.25, -0.2) is 0 Å². The van der Waals surface area contributed by atoms with Crippen LogP contribution in [-0.2, 0) is 14.0 Å². The van der Waals surface area contributed by atoms with Crippen molar-refractivity contribution in [1.29, 1.82) is 0 Å². The van der Waals surface area contributed by atoms with Crippen LogP contribution in [-0.4, -0.2) is 46.5 Å². The van der Waals surface area contributed by atoms with E-state index in [0.29, 0.717) is 0 Å². The largest absolute Gasteiger partial charge is 0.417 e. The number of hydrogen-bond donors (Lipinski definition) is 0. The maximum atomic E-state index is 6.11. The molecule has 0 spiro atoms. The van der Waals surface area contributed by atoms with Crippen LogP contribution in [0.25, 0.3) is 0 Å². The maximum Gasteiger partial charge on any atom is 0.191 e. The van der Waals surface area contributed by atoms with E-state index in [1.54, 1.807) is 12.2 Å². The van der Waals surface area contributed by atoms with E-state index in [2.05, 4.69) is 33.9 Å². The zero-order valence-electron chi connectivity index (χ0n) is 12.2. The first-order valence-electron chi connectivity index (χ1n) is 6.25. The Balaban J connectivity index is 2.22. The van der Waals surface area contributed by atoms with Gasteiger partial charge in [-0.05, 0) is 24.6 Å². The first kappa shape index (κ1) is 15.1. The Bertz CT molecular complexity index is 253. The number of hydroxylamine groups is 2. The molecule has 1 aliphatic heterocycles. The van der Waals surface area contributed by atoms with E-state index < -0.39 is 8.32 Å². The summed E-state index contributed by atoms with van der Waals surface area (Å²) >= 11 is 0. The molecule has 2 unspecified atom stereocenters. The summed E-state index contributed by atoms with van der Waals surface area (Å²) in [5.41, 5.74) is 0. The van der Waals surface area contributed by atoms with E-state index in [4.69, 9.17) is 14.0 Å². The Morgan fingerprint density at radius 2 is 1.88 bits per heavy atom. The Hall–Kier alpha value is 0.0569. The Morgan fingerprint density at radius 3 is 2.35 bits per heavy atom. The summed E-state index contributed by atoms with van der Waals surface area (Å²) in [5, 5.41) is 2.02. The summed E-state index contributed by atoms with van der Waals surface area (Å²) in [5.74, 6) is 0. The van der Waals surface area contributed by atoms with Gasteiger partial charge in [0.25, 0.3) is 0 Å². The van der Waals surface area contributed by atoms with Crippen molar-refractivity contribution in [3.8, 4) is 0 Å². The molecule has 4 nitrogen and oxygen atoms in total. The number of epoxide rings is 1. The number of likely N-dealkylation sites (N-methyl/N-ethyl adjacent to an activating group) is 1. The van der Waals surface area contributed by atoms with Gasteiger partial charge in [0.15, 0.2) is 14.5 Å². The average molecular weight is 261 g/mol. The van der Waals surface area contributed by atoms with E-state index in [1.165, 1.54) is 0 Å². The Labute approximate surface area is 106 Å². The van der Waals surface area contributed by atoms with Gasteiger partial charge in [0.05, 0.1) is 7.11 Å². The monoisotopic (exact) mass is 261 g/mol. The highest BCUT2D eigenvalue weighted by Gasteiger charge is 2.43. The smallest absolute Gasteiger partial charge is 0.191 e. The summed E-state index contributed by atoms with van der Waals surface area (Å²) in [7, 11) is 1.94. The minimum absolute atomic E-state index is 0.114. The Morgan fingerprint density at radius 1 is 1.29 bits per heavy atom. The number of rotatable bonds is 6. The lowest BCUT2D eigenvalue weighted by Gasteiger charge is -2.36. The molecule has 0 amide bonds. The molecule has 1 saturated heterocycles. The third-order valence-corrected chi connectivity index (χ3v) is 8.41. The highest BCUT2D eigenvalue weighted by molar-refractivity contribution is 6.74. The molecular weight excluding hydrogens is 234 g/mol. The molecule has 1 heterocycles. The molecular formula is C12H27NO3Si. The van der Waals surface area contributed by atoms with Gasteiger partial charge in [-0.15, -0.1) is 0 Å². The second kappa shape index (κ2) is 5.36. The van der Waals surface area contributed by atoms with Crippen molar-refractivity contribution in [2.75, 3.05) is 20.8 Å². The molecule has 1 fully saturated rings. The van der Waals surface area contributed by atoms with E-state index >= 15 is 0 Å². The van der Waals surface area contributed by atoms with Crippen molar-refractivity contribution in [3.05, 3.63) is 0 Å². The fourth-order valence-corrected chi connectivity index (χ4v) is 2.48. The van der Waals surface area contributed by atoms with Crippen molar-refractivity contribution < 1.29 is 14.0 Å². The molecule has 0 aromatic heterocycles. The second-order valence-electron chi connectivity index (χ2n) is 6.19. The zero-order valence-corrected chi connectivity index (χ0v) is 13.2. The molecule has 0 aliphatic carbocycles. The van der Waals surface area contributed by atoms with Gasteiger partial charge < -0.3 is 9.16 Å². The molecule has 0 aromatic rings. The van der Waals surface area contributed by atoms with Crippen LogP contribution in [0.3, 0.4) is 0 Å². The molecule has 0 radical (unpaired) electrons. The van der Waals surface area contributed by atoms with Gasteiger partial charge in [-0.3, -0.25) is 4.84 Å². The van der Waals surface area contributed by atoms with Crippen molar-refractivity contribution in [3.63, 3.8) is 0 Å². The third-order valence-electron chi connectivity index (χ3n) is 3.87. The average Bonchev–Trinajstić information content (AvgIpc) is 2.94. The molecule has 0 aromatic carbocycles. The topological polar surface area (TPSA) is 34.2 Å². The highest BCUT2D eigenvalue weighted by Crippen LogP contribution is 2.37. The summed E-state index contributed by atoms with van der Waals surface area (Å²) in [6.45, 7) is 12.1. The van der Waals surface area contributed by atoms with Gasteiger partial charge in [0, 0.05) is 13.7 Å². The lowest BCUT2D eigenvalue weighted by Crippen LogP contribution is -2.41. The molecule has 0 N–H and O–H groups in total. The van der Waals surface area contributed by atoms with Gasteiger partial charge in [0.2, 0.25) is 0 Å². The molecule has 1 aliphatic rings. The van der Waals surface area contributed by atoms with Crippen LogP contribution < -0.4 is 0 Å². The summed E-state index contributed by atoms with van der Waals surface area (Å²) in [6.07, 6.45) is 1.33. The molecule has 1 rings (SSSR count). The SMILES string of the molecule is CON(C)C1OC1CCO[Si](C)(C)C(C)(C)C. The minimum atomic E-state index is -1.60. The van der Waals surface area contributed by atoms with Crippen molar-refractivity contribution in [2.24, 2.45) is 0 Å². The predicted molar refractivity (Wildman–Crippen MR) is 71.2 cm³/mol. The van der Waals surface area contributed by atoms with Gasteiger partial charge >= 0.3 is 0 Å². The van der Waals surface area contributed by atoms with Crippen molar-refractivity contribution >= 4 is 8.32 Å². The van der Waals surface area contributed by atoms with E-state index in [-0.39, 0.29) is 17.4 Å². The number of ether oxygens (including phenoxy) is 1. The van der Waals surface area contributed by atoms with Crippen LogP contribution in [0.2, 0.25) is 18.1 Å².